The minimum Gasteiger partial charge on any atom is -0.304 e. The van der Waals surface area contributed by atoms with E-state index in [9.17, 15) is 0 Å². The molecule has 1 aromatic carbocycles. The van der Waals surface area contributed by atoms with Gasteiger partial charge in [0.1, 0.15) is 0 Å². The smallest absolute Gasteiger partial charge is 0.0762 e. The molecule has 0 spiro atoms. The van der Waals surface area contributed by atoms with E-state index in [0.29, 0.717) is 6.04 Å². The first-order valence-electron chi connectivity index (χ1n) is 7.21. The van der Waals surface area contributed by atoms with Gasteiger partial charge >= 0.3 is 0 Å². The fourth-order valence-electron chi connectivity index (χ4n) is 2.39. The molecular formula is C17H25N3. The summed E-state index contributed by atoms with van der Waals surface area (Å²) in [6.45, 7) is 7.65. The van der Waals surface area contributed by atoms with Crippen molar-refractivity contribution < 1.29 is 0 Å². The van der Waals surface area contributed by atoms with Crippen molar-refractivity contribution >= 4 is 0 Å². The maximum Gasteiger partial charge on any atom is 0.0762 e. The zero-order valence-corrected chi connectivity index (χ0v) is 12.9. The Morgan fingerprint density at radius 2 is 1.85 bits per heavy atom. The number of nitrogens with zero attached hydrogens (tertiary/aromatic N) is 2. The summed E-state index contributed by atoms with van der Waals surface area (Å²) in [6.07, 6.45) is 3.09. The summed E-state index contributed by atoms with van der Waals surface area (Å²) in [5.41, 5.74) is 2.72. The molecule has 0 saturated heterocycles. The monoisotopic (exact) mass is 271 g/mol. The second-order valence-electron chi connectivity index (χ2n) is 6.59. The third-order valence-corrected chi connectivity index (χ3v) is 3.32. The summed E-state index contributed by atoms with van der Waals surface area (Å²) in [7, 11) is 1.95. The predicted molar refractivity (Wildman–Crippen MR) is 83.3 cm³/mol. The highest BCUT2D eigenvalue weighted by Gasteiger charge is 2.20. The second-order valence-corrected chi connectivity index (χ2v) is 6.59. The normalized spacial score (nSPS) is 13.4. The third kappa shape index (κ3) is 4.49. The van der Waals surface area contributed by atoms with Crippen LogP contribution in [0.4, 0.5) is 0 Å². The number of aryl methyl sites for hydroxylation is 1. The number of rotatable bonds is 5. The summed E-state index contributed by atoms with van der Waals surface area (Å²) in [6, 6.07) is 13.1. The zero-order chi connectivity index (χ0) is 14.6. The van der Waals surface area contributed by atoms with Crippen LogP contribution in [0.2, 0.25) is 0 Å². The first kappa shape index (κ1) is 14.8. The topological polar surface area (TPSA) is 29.9 Å². The summed E-state index contributed by atoms with van der Waals surface area (Å²) in [5, 5.41) is 8.07. The van der Waals surface area contributed by atoms with E-state index in [-0.39, 0.29) is 5.41 Å². The van der Waals surface area contributed by atoms with Crippen molar-refractivity contribution in [2.24, 2.45) is 12.5 Å². The lowest BCUT2D eigenvalue weighted by molar-refractivity contribution is 0.309. The van der Waals surface area contributed by atoms with Crippen LogP contribution in [0.5, 0.6) is 0 Å². The first-order chi connectivity index (χ1) is 9.44. The van der Waals surface area contributed by atoms with Crippen LogP contribution in [-0.4, -0.2) is 9.78 Å². The van der Waals surface area contributed by atoms with Gasteiger partial charge in [-0.1, -0.05) is 51.1 Å². The summed E-state index contributed by atoms with van der Waals surface area (Å²) < 4.78 is 1.85. The van der Waals surface area contributed by atoms with Gasteiger partial charge in [-0.05, 0) is 23.5 Å². The Morgan fingerprint density at radius 3 is 2.40 bits per heavy atom. The zero-order valence-electron chi connectivity index (χ0n) is 12.9. The first-order valence-corrected chi connectivity index (χ1v) is 7.21. The second kappa shape index (κ2) is 6.23. The van der Waals surface area contributed by atoms with E-state index in [1.807, 2.05) is 17.9 Å². The van der Waals surface area contributed by atoms with E-state index in [1.165, 1.54) is 5.56 Å². The quantitative estimate of drug-likeness (QED) is 0.899. The van der Waals surface area contributed by atoms with Crippen molar-refractivity contribution in [3.63, 3.8) is 0 Å². The summed E-state index contributed by atoms with van der Waals surface area (Å²) in [4.78, 5) is 0. The van der Waals surface area contributed by atoms with Gasteiger partial charge in [0.15, 0.2) is 0 Å². The van der Waals surface area contributed by atoms with Crippen molar-refractivity contribution in [1.29, 1.82) is 0 Å². The van der Waals surface area contributed by atoms with Crippen LogP contribution in [0.25, 0.3) is 0 Å². The average Bonchev–Trinajstić information content (AvgIpc) is 2.80. The van der Waals surface area contributed by atoms with Crippen LogP contribution in [-0.2, 0) is 13.6 Å². The molecule has 2 rings (SSSR count). The molecule has 0 aliphatic heterocycles. The Bertz CT molecular complexity index is 523. The molecule has 1 aromatic heterocycles. The number of hydrogen-bond donors (Lipinski definition) is 1. The van der Waals surface area contributed by atoms with Crippen molar-refractivity contribution in [3.8, 4) is 0 Å². The molecule has 3 heteroatoms. The van der Waals surface area contributed by atoms with Crippen LogP contribution >= 0.6 is 0 Å². The molecule has 0 radical (unpaired) electrons. The van der Waals surface area contributed by atoms with E-state index in [1.54, 1.807) is 0 Å². The number of aromatic nitrogens is 2. The van der Waals surface area contributed by atoms with Gasteiger partial charge in [0.05, 0.1) is 5.69 Å². The Hall–Kier alpha value is -1.61. The molecule has 1 unspecified atom stereocenters. The van der Waals surface area contributed by atoms with Crippen LogP contribution in [0.1, 0.15) is 44.5 Å². The van der Waals surface area contributed by atoms with Gasteiger partial charge in [-0.25, -0.2) is 0 Å². The van der Waals surface area contributed by atoms with Crippen molar-refractivity contribution in [1.82, 2.24) is 15.1 Å². The summed E-state index contributed by atoms with van der Waals surface area (Å²) in [5.74, 6) is 0. The number of nitrogens with one attached hydrogen (secondary N) is 1. The highest BCUT2D eigenvalue weighted by molar-refractivity contribution is 5.19. The van der Waals surface area contributed by atoms with Gasteiger partial charge in [-0.15, -0.1) is 0 Å². The largest absolute Gasteiger partial charge is 0.304 e. The molecule has 0 saturated carbocycles. The number of hydrogen-bond acceptors (Lipinski definition) is 2. The Morgan fingerprint density at radius 1 is 1.15 bits per heavy atom. The van der Waals surface area contributed by atoms with E-state index in [2.05, 4.69) is 67.6 Å². The average molecular weight is 271 g/mol. The summed E-state index contributed by atoms with van der Waals surface area (Å²) >= 11 is 0. The highest BCUT2D eigenvalue weighted by Crippen LogP contribution is 2.29. The predicted octanol–water partition coefficient (Wildman–Crippen LogP) is 3.69. The highest BCUT2D eigenvalue weighted by atomic mass is 15.3. The van der Waals surface area contributed by atoms with E-state index in [0.717, 1.165) is 18.7 Å². The van der Waals surface area contributed by atoms with Crippen molar-refractivity contribution in [2.75, 3.05) is 0 Å². The maximum atomic E-state index is 4.43. The molecule has 108 valence electrons. The molecule has 0 bridgehead atoms. The van der Waals surface area contributed by atoms with Crippen molar-refractivity contribution in [2.45, 2.75) is 39.8 Å². The molecule has 0 amide bonds. The Kier molecular flexibility index (Phi) is 4.61. The molecule has 3 nitrogen and oxygen atoms in total. The molecular weight excluding hydrogens is 246 g/mol. The molecule has 0 aliphatic rings. The lowest BCUT2D eigenvalue weighted by Crippen LogP contribution is -2.25. The van der Waals surface area contributed by atoms with Gasteiger partial charge in [-0.3, -0.25) is 4.68 Å². The molecule has 1 N–H and O–H groups in total. The maximum absolute atomic E-state index is 4.43. The third-order valence-electron chi connectivity index (χ3n) is 3.32. The van der Waals surface area contributed by atoms with Crippen LogP contribution in [0, 0.1) is 5.41 Å². The molecule has 20 heavy (non-hydrogen) atoms. The minimum absolute atomic E-state index is 0.289. The van der Waals surface area contributed by atoms with Crippen LogP contribution in [0.3, 0.4) is 0 Å². The standard InChI is InChI=1S/C17H25N3/c1-17(2,3)12-16(14-8-6-5-7-9-14)18-13-15-10-11-20(4)19-15/h5-11,16,18H,12-13H2,1-4H3. The van der Waals surface area contributed by atoms with Gasteiger partial charge in [0.2, 0.25) is 0 Å². The molecule has 0 fully saturated rings. The minimum atomic E-state index is 0.289. The lowest BCUT2D eigenvalue weighted by atomic mass is 9.85. The molecule has 1 heterocycles. The van der Waals surface area contributed by atoms with Crippen LogP contribution < -0.4 is 5.32 Å². The molecule has 2 aromatic rings. The lowest BCUT2D eigenvalue weighted by Gasteiger charge is -2.27. The Labute approximate surface area is 122 Å². The van der Waals surface area contributed by atoms with E-state index in [4.69, 9.17) is 0 Å². The van der Waals surface area contributed by atoms with Gasteiger partial charge < -0.3 is 5.32 Å². The fourth-order valence-corrected chi connectivity index (χ4v) is 2.39. The van der Waals surface area contributed by atoms with Gasteiger partial charge in [0, 0.05) is 25.8 Å². The molecule has 1 atom stereocenters. The SMILES string of the molecule is Cn1ccc(CNC(CC(C)(C)C)c2ccccc2)n1. The van der Waals surface area contributed by atoms with Gasteiger partial charge in [0.25, 0.3) is 0 Å². The Balaban J connectivity index is 2.07. The molecule has 0 aliphatic carbocycles. The number of benzene rings is 1. The van der Waals surface area contributed by atoms with Crippen molar-refractivity contribution in [3.05, 3.63) is 53.9 Å². The van der Waals surface area contributed by atoms with Crippen LogP contribution in [0.15, 0.2) is 42.6 Å². The van der Waals surface area contributed by atoms with Gasteiger partial charge in [-0.2, -0.15) is 5.10 Å². The van der Waals surface area contributed by atoms with E-state index >= 15 is 0 Å². The van der Waals surface area contributed by atoms with E-state index < -0.39 is 0 Å². The fraction of sp³-hybridized carbons (Fsp3) is 0.471.